The molecule has 0 radical (unpaired) electrons. The minimum atomic E-state index is 0.501. The van der Waals surface area contributed by atoms with Crippen LogP contribution in [-0.4, -0.2) is 32.1 Å². The van der Waals surface area contributed by atoms with Gasteiger partial charge in [-0.2, -0.15) is 0 Å². The number of hydrogen-bond acceptors (Lipinski definition) is 3. The molecule has 0 aliphatic rings. The molecular weight excluding hydrogens is 224 g/mol. The normalized spacial score (nSPS) is 10.8. The number of nitrogens with two attached hydrogens (primary N) is 1. The van der Waals surface area contributed by atoms with Gasteiger partial charge in [-0.05, 0) is 38.2 Å². The van der Waals surface area contributed by atoms with Gasteiger partial charge in [0.15, 0.2) is 0 Å². The fraction of sp³-hybridized carbons (Fsp3) is 0.500. The lowest BCUT2D eigenvalue weighted by atomic mass is 10.2. The van der Waals surface area contributed by atoms with Crippen molar-refractivity contribution in [2.45, 2.75) is 13.0 Å². The molecule has 16 heavy (non-hydrogen) atoms. The van der Waals surface area contributed by atoms with Gasteiger partial charge in [0.1, 0.15) is 5.75 Å². The Labute approximate surface area is 102 Å². The monoisotopic (exact) mass is 242 g/mol. The summed E-state index contributed by atoms with van der Waals surface area (Å²) in [5.74, 6) is 0.734. The minimum absolute atomic E-state index is 0.501. The Kier molecular flexibility index (Phi) is 5.60. The molecule has 3 nitrogen and oxygen atoms in total. The van der Waals surface area contributed by atoms with Gasteiger partial charge in [0.25, 0.3) is 0 Å². The second-order valence-electron chi connectivity index (χ2n) is 3.97. The van der Waals surface area contributed by atoms with Gasteiger partial charge in [-0.25, -0.2) is 0 Å². The Hall–Kier alpha value is -0.770. The fourth-order valence-corrected chi connectivity index (χ4v) is 1.61. The molecule has 1 aromatic rings. The zero-order chi connectivity index (χ0) is 12.0. The van der Waals surface area contributed by atoms with Gasteiger partial charge in [-0.1, -0.05) is 17.7 Å². The van der Waals surface area contributed by atoms with Gasteiger partial charge in [0.05, 0.1) is 11.6 Å². The zero-order valence-corrected chi connectivity index (χ0v) is 10.6. The van der Waals surface area contributed by atoms with Crippen LogP contribution in [0.1, 0.15) is 12.0 Å². The van der Waals surface area contributed by atoms with Gasteiger partial charge >= 0.3 is 0 Å². The summed E-state index contributed by atoms with van der Waals surface area (Å²) in [6, 6.07) is 5.66. The third kappa shape index (κ3) is 4.39. The van der Waals surface area contributed by atoms with E-state index in [-0.39, 0.29) is 0 Å². The molecule has 0 spiro atoms. The van der Waals surface area contributed by atoms with Crippen LogP contribution in [0.3, 0.4) is 0 Å². The summed E-state index contributed by atoms with van der Waals surface area (Å²) in [5, 5.41) is 0.632. The maximum atomic E-state index is 6.06. The van der Waals surface area contributed by atoms with Crippen molar-refractivity contribution in [2.75, 3.05) is 27.2 Å². The molecule has 0 fully saturated rings. The van der Waals surface area contributed by atoms with E-state index in [1.54, 1.807) is 0 Å². The first-order valence-electron chi connectivity index (χ1n) is 5.39. The van der Waals surface area contributed by atoms with Gasteiger partial charge in [0, 0.05) is 13.1 Å². The van der Waals surface area contributed by atoms with Crippen LogP contribution < -0.4 is 10.5 Å². The Morgan fingerprint density at radius 1 is 1.38 bits per heavy atom. The van der Waals surface area contributed by atoms with Crippen molar-refractivity contribution in [3.05, 3.63) is 28.8 Å². The highest BCUT2D eigenvalue weighted by molar-refractivity contribution is 6.32. The maximum absolute atomic E-state index is 6.06. The second-order valence-corrected chi connectivity index (χ2v) is 4.38. The van der Waals surface area contributed by atoms with Crippen LogP contribution in [0.2, 0.25) is 5.02 Å². The summed E-state index contributed by atoms with van der Waals surface area (Å²) in [7, 11) is 4.09. The van der Waals surface area contributed by atoms with E-state index in [0.717, 1.165) is 24.3 Å². The van der Waals surface area contributed by atoms with E-state index in [9.17, 15) is 0 Å². The number of ether oxygens (including phenoxy) is 1. The largest absolute Gasteiger partial charge is 0.492 e. The number of nitrogens with zero attached hydrogens (tertiary/aromatic N) is 1. The van der Waals surface area contributed by atoms with E-state index in [1.807, 2.05) is 32.3 Å². The summed E-state index contributed by atoms with van der Waals surface area (Å²) in [6.45, 7) is 2.19. The van der Waals surface area contributed by atoms with Crippen molar-refractivity contribution >= 4 is 11.6 Å². The maximum Gasteiger partial charge on any atom is 0.137 e. The fourth-order valence-electron chi connectivity index (χ4n) is 1.35. The van der Waals surface area contributed by atoms with Crippen LogP contribution in [0.25, 0.3) is 0 Å². The molecule has 0 aliphatic heterocycles. The first-order valence-corrected chi connectivity index (χ1v) is 5.77. The highest BCUT2D eigenvalue weighted by Crippen LogP contribution is 2.25. The predicted octanol–water partition coefficient (Wildman–Crippen LogP) is 2.13. The Morgan fingerprint density at radius 3 is 2.69 bits per heavy atom. The smallest absolute Gasteiger partial charge is 0.137 e. The van der Waals surface area contributed by atoms with Crippen molar-refractivity contribution in [1.29, 1.82) is 0 Å². The van der Waals surface area contributed by atoms with E-state index in [4.69, 9.17) is 22.1 Å². The second kappa shape index (κ2) is 6.74. The molecule has 0 saturated heterocycles. The first-order chi connectivity index (χ1) is 7.63. The molecule has 4 heteroatoms. The zero-order valence-electron chi connectivity index (χ0n) is 9.87. The van der Waals surface area contributed by atoms with Crippen molar-refractivity contribution in [1.82, 2.24) is 4.90 Å². The highest BCUT2D eigenvalue weighted by Gasteiger charge is 2.02. The molecule has 0 atom stereocenters. The third-order valence-corrected chi connectivity index (χ3v) is 2.53. The number of rotatable bonds is 6. The number of halogens is 1. The lowest BCUT2D eigenvalue weighted by Crippen LogP contribution is -2.15. The van der Waals surface area contributed by atoms with E-state index in [2.05, 4.69) is 4.90 Å². The van der Waals surface area contributed by atoms with Crippen LogP contribution in [-0.2, 0) is 6.54 Å². The Bertz CT molecular complexity index is 329. The average molecular weight is 243 g/mol. The Balaban J connectivity index is 2.42. The highest BCUT2D eigenvalue weighted by atomic mass is 35.5. The molecule has 0 amide bonds. The summed E-state index contributed by atoms with van der Waals surface area (Å²) in [6.07, 6.45) is 0.988. The minimum Gasteiger partial charge on any atom is -0.492 e. The van der Waals surface area contributed by atoms with Crippen LogP contribution in [0.4, 0.5) is 0 Å². The van der Waals surface area contributed by atoms with Crippen molar-refractivity contribution in [2.24, 2.45) is 5.73 Å². The van der Waals surface area contributed by atoms with Crippen LogP contribution in [0.15, 0.2) is 18.2 Å². The Morgan fingerprint density at radius 2 is 2.12 bits per heavy atom. The summed E-state index contributed by atoms with van der Waals surface area (Å²) in [5.41, 5.74) is 6.54. The van der Waals surface area contributed by atoms with E-state index < -0.39 is 0 Å². The number of benzene rings is 1. The molecule has 0 saturated carbocycles. The molecule has 90 valence electrons. The topological polar surface area (TPSA) is 38.5 Å². The molecule has 2 N–H and O–H groups in total. The summed E-state index contributed by atoms with van der Waals surface area (Å²) < 4.78 is 5.59. The molecule has 0 unspecified atom stereocenters. The van der Waals surface area contributed by atoms with Crippen LogP contribution >= 0.6 is 11.6 Å². The van der Waals surface area contributed by atoms with Gasteiger partial charge < -0.3 is 15.4 Å². The van der Waals surface area contributed by atoms with Crippen molar-refractivity contribution in [3.8, 4) is 5.75 Å². The van der Waals surface area contributed by atoms with Crippen LogP contribution in [0.5, 0.6) is 5.75 Å². The van der Waals surface area contributed by atoms with Crippen molar-refractivity contribution in [3.63, 3.8) is 0 Å². The lowest BCUT2D eigenvalue weighted by Gasteiger charge is -2.11. The molecule has 0 aromatic heterocycles. The van der Waals surface area contributed by atoms with Gasteiger partial charge in [-0.3, -0.25) is 0 Å². The molecule has 0 bridgehead atoms. The first kappa shape index (κ1) is 13.3. The summed E-state index contributed by atoms with van der Waals surface area (Å²) in [4.78, 5) is 2.13. The predicted molar refractivity (Wildman–Crippen MR) is 68.0 cm³/mol. The van der Waals surface area contributed by atoms with E-state index >= 15 is 0 Å². The third-order valence-electron chi connectivity index (χ3n) is 2.24. The van der Waals surface area contributed by atoms with E-state index in [1.165, 1.54) is 0 Å². The van der Waals surface area contributed by atoms with Crippen molar-refractivity contribution < 1.29 is 4.74 Å². The number of hydrogen-bond donors (Lipinski definition) is 1. The molecule has 1 aromatic carbocycles. The molecular formula is C12H19ClN2O. The van der Waals surface area contributed by atoms with Crippen LogP contribution in [0, 0.1) is 0 Å². The molecule has 0 heterocycles. The SMILES string of the molecule is CN(C)CCCOc1ccc(CN)cc1Cl. The van der Waals surface area contributed by atoms with Gasteiger partial charge in [0.2, 0.25) is 0 Å². The average Bonchev–Trinajstić information content (AvgIpc) is 2.25. The quantitative estimate of drug-likeness (QED) is 0.777. The van der Waals surface area contributed by atoms with E-state index in [0.29, 0.717) is 18.2 Å². The molecule has 1 rings (SSSR count). The molecule has 0 aliphatic carbocycles. The summed E-state index contributed by atoms with van der Waals surface area (Å²) >= 11 is 6.06. The lowest BCUT2D eigenvalue weighted by molar-refractivity contribution is 0.281. The van der Waals surface area contributed by atoms with Gasteiger partial charge in [-0.15, -0.1) is 0 Å². The standard InChI is InChI=1S/C12H19ClN2O/c1-15(2)6-3-7-16-12-5-4-10(9-14)8-11(12)13/h4-5,8H,3,6-7,9,14H2,1-2H3.